The average Bonchev–Trinajstić information content (AvgIpc) is 3.14. The monoisotopic (exact) mass is 481 g/mol. The number of phenolic OH excluding ortho intramolecular Hbond substituents is 1. The van der Waals surface area contributed by atoms with Gasteiger partial charge in [-0.3, -0.25) is 15.1 Å². The minimum atomic E-state index is -1.08. The summed E-state index contributed by atoms with van der Waals surface area (Å²) in [6.45, 7) is 1.77. The van der Waals surface area contributed by atoms with Crippen molar-refractivity contribution < 1.29 is 24.2 Å². The van der Waals surface area contributed by atoms with Crippen molar-refractivity contribution in [2.24, 2.45) is 5.10 Å². The number of fused-ring (bicyclic) bond motifs is 1. The number of carboxylic acids is 1. The Balaban J connectivity index is 1.52. The Morgan fingerprint density at radius 1 is 0.917 bits per heavy atom. The van der Waals surface area contributed by atoms with Crippen molar-refractivity contribution in [3.8, 4) is 16.9 Å². The van der Waals surface area contributed by atoms with E-state index >= 15 is 0 Å². The van der Waals surface area contributed by atoms with Crippen LogP contribution in [0, 0.1) is 12.7 Å². The highest BCUT2D eigenvalue weighted by Gasteiger charge is 2.36. The molecule has 8 heteroatoms. The Morgan fingerprint density at radius 3 is 2.44 bits per heavy atom. The fourth-order valence-corrected chi connectivity index (χ4v) is 4.14. The molecule has 0 saturated heterocycles. The molecule has 4 aromatic rings. The summed E-state index contributed by atoms with van der Waals surface area (Å²) in [7, 11) is 0. The van der Waals surface area contributed by atoms with Gasteiger partial charge in [-0.1, -0.05) is 48.5 Å². The molecule has 0 atom stereocenters. The Kier molecular flexibility index (Phi) is 5.69. The lowest BCUT2D eigenvalue weighted by Gasteiger charge is -2.18. The molecule has 1 aliphatic heterocycles. The standard InChI is InChI=1S/C28H20FN3O4/c1-16-12-13-24(21(29)14-16)32-23-11-3-2-8-20(23)25(27(32)34)31-30-22-10-5-9-19(26(22)33)17-6-4-7-18(15-17)28(35)36/h2-15,30,33H,1H3,(H,35,36)/b31-25-. The van der Waals surface area contributed by atoms with Crippen molar-refractivity contribution in [1.82, 2.24) is 0 Å². The molecule has 0 bridgehead atoms. The highest BCUT2D eigenvalue weighted by atomic mass is 19.1. The van der Waals surface area contributed by atoms with Crippen LogP contribution in [0.25, 0.3) is 11.1 Å². The summed E-state index contributed by atoms with van der Waals surface area (Å²) in [4.78, 5) is 26.0. The minimum Gasteiger partial charge on any atom is -0.505 e. The molecule has 0 saturated carbocycles. The number of phenols is 1. The third-order valence-electron chi connectivity index (χ3n) is 5.89. The van der Waals surface area contributed by atoms with Gasteiger partial charge >= 0.3 is 5.97 Å². The van der Waals surface area contributed by atoms with E-state index in [1.807, 2.05) is 0 Å². The summed E-state index contributed by atoms with van der Waals surface area (Å²) in [6.07, 6.45) is 0. The first-order chi connectivity index (χ1) is 17.3. The SMILES string of the molecule is Cc1ccc(N2C(=O)/C(=N\Nc3cccc(-c4cccc(C(=O)O)c4)c3O)c3ccccc32)c(F)c1. The number of anilines is 3. The van der Waals surface area contributed by atoms with Crippen molar-refractivity contribution in [3.63, 3.8) is 0 Å². The van der Waals surface area contributed by atoms with Crippen molar-refractivity contribution in [1.29, 1.82) is 0 Å². The predicted molar refractivity (Wildman–Crippen MR) is 135 cm³/mol. The van der Waals surface area contributed by atoms with Gasteiger partial charge in [0.2, 0.25) is 0 Å². The number of hydrogen-bond donors (Lipinski definition) is 3. The van der Waals surface area contributed by atoms with Crippen molar-refractivity contribution >= 4 is 34.7 Å². The number of rotatable bonds is 5. The molecule has 1 heterocycles. The third kappa shape index (κ3) is 3.94. The fraction of sp³-hybridized carbons (Fsp3) is 0.0357. The van der Waals surface area contributed by atoms with Gasteiger partial charge in [-0.15, -0.1) is 0 Å². The second-order valence-corrected chi connectivity index (χ2v) is 8.27. The quantitative estimate of drug-likeness (QED) is 0.251. The highest BCUT2D eigenvalue weighted by Crippen LogP contribution is 2.38. The van der Waals surface area contributed by atoms with Crippen molar-refractivity contribution in [2.75, 3.05) is 10.3 Å². The zero-order valence-corrected chi connectivity index (χ0v) is 19.1. The molecular weight excluding hydrogens is 461 g/mol. The lowest BCUT2D eigenvalue weighted by atomic mass is 10.0. The van der Waals surface area contributed by atoms with E-state index in [1.54, 1.807) is 73.7 Å². The number of nitrogens with one attached hydrogen (secondary N) is 1. The number of aryl methyl sites for hydroxylation is 1. The number of carbonyl (C=O) groups excluding carboxylic acids is 1. The van der Waals surface area contributed by atoms with E-state index in [1.165, 1.54) is 23.1 Å². The first-order valence-corrected chi connectivity index (χ1v) is 11.0. The smallest absolute Gasteiger partial charge is 0.335 e. The van der Waals surface area contributed by atoms with Gasteiger partial charge in [-0.2, -0.15) is 5.10 Å². The number of hydrazone groups is 1. The van der Waals surface area contributed by atoms with Gasteiger partial charge in [0.25, 0.3) is 5.91 Å². The van der Waals surface area contributed by atoms with Crippen LogP contribution in [0.5, 0.6) is 5.75 Å². The van der Waals surface area contributed by atoms with Crippen LogP contribution in [-0.4, -0.2) is 27.8 Å². The van der Waals surface area contributed by atoms with E-state index < -0.39 is 17.7 Å². The number of aromatic carboxylic acids is 1. The summed E-state index contributed by atoms with van der Waals surface area (Å²) in [6, 6.07) is 22.7. The number of amides is 1. The molecular formula is C28H20FN3O4. The summed E-state index contributed by atoms with van der Waals surface area (Å²) >= 11 is 0. The predicted octanol–water partition coefficient (Wildman–Crippen LogP) is 5.70. The molecule has 36 heavy (non-hydrogen) atoms. The molecule has 3 N–H and O–H groups in total. The number of hydrogen-bond acceptors (Lipinski definition) is 5. The van der Waals surface area contributed by atoms with E-state index in [0.717, 1.165) is 5.56 Å². The number of carbonyl (C=O) groups is 2. The van der Waals surface area contributed by atoms with Crippen LogP contribution in [0.2, 0.25) is 0 Å². The summed E-state index contributed by atoms with van der Waals surface area (Å²) in [5, 5.41) is 24.4. The zero-order chi connectivity index (χ0) is 25.4. The number of halogens is 1. The second-order valence-electron chi connectivity index (χ2n) is 8.27. The van der Waals surface area contributed by atoms with Crippen LogP contribution in [0.1, 0.15) is 21.5 Å². The second kappa shape index (κ2) is 8.99. The fourth-order valence-electron chi connectivity index (χ4n) is 4.14. The third-order valence-corrected chi connectivity index (χ3v) is 5.89. The molecule has 4 aromatic carbocycles. The van der Waals surface area contributed by atoms with Gasteiger partial charge in [-0.25, -0.2) is 9.18 Å². The van der Waals surface area contributed by atoms with Crippen LogP contribution in [-0.2, 0) is 4.79 Å². The lowest BCUT2D eigenvalue weighted by molar-refractivity contribution is -0.111. The van der Waals surface area contributed by atoms with E-state index in [2.05, 4.69) is 10.5 Å². The average molecular weight is 481 g/mol. The molecule has 0 aromatic heterocycles. The topological polar surface area (TPSA) is 102 Å². The lowest BCUT2D eigenvalue weighted by Crippen LogP contribution is -2.26. The van der Waals surface area contributed by atoms with E-state index in [9.17, 15) is 24.2 Å². The summed E-state index contributed by atoms with van der Waals surface area (Å²) in [5.41, 5.74) is 5.87. The number of benzene rings is 4. The largest absolute Gasteiger partial charge is 0.505 e. The molecule has 1 aliphatic rings. The molecule has 0 spiro atoms. The van der Waals surface area contributed by atoms with E-state index in [0.29, 0.717) is 22.4 Å². The molecule has 5 rings (SSSR count). The maximum absolute atomic E-state index is 14.8. The Labute approximate surface area is 205 Å². The number of para-hydroxylation sites is 2. The van der Waals surface area contributed by atoms with Crippen molar-refractivity contribution in [2.45, 2.75) is 6.92 Å². The zero-order valence-electron chi connectivity index (χ0n) is 19.1. The van der Waals surface area contributed by atoms with Crippen LogP contribution in [0.4, 0.5) is 21.5 Å². The van der Waals surface area contributed by atoms with Crippen LogP contribution in [0.15, 0.2) is 90.0 Å². The molecule has 0 fully saturated rings. The van der Waals surface area contributed by atoms with Crippen LogP contribution >= 0.6 is 0 Å². The first kappa shape index (κ1) is 22.8. The van der Waals surface area contributed by atoms with Gasteiger partial charge < -0.3 is 10.2 Å². The van der Waals surface area contributed by atoms with E-state index in [4.69, 9.17) is 0 Å². The van der Waals surface area contributed by atoms with Crippen LogP contribution in [0.3, 0.4) is 0 Å². The van der Waals surface area contributed by atoms with Gasteiger partial charge in [0, 0.05) is 11.1 Å². The van der Waals surface area contributed by atoms with E-state index in [-0.39, 0.29) is 28.4 Å². The molecule has 7 nitrogen and oxygen atoms in total. The Bertz CT molecular complexity index is 1560. The first-order valence-electron chi connectivity index (χ1n) is 11.0. The molecule has 0 radical (unpaired) electrons. The van der Waals surface area contributed by atoms with Gasteiger partial charge in [0.1, 0.15) is 11.6 Å². The van der Waals surface area contributed by atoms with Gasteiger partial charge in [0.15, 0.2) is 5.71 Å². The number of carboxylic acid groups (broad SMARTS) is 1. The van der Waals surface area contributed by atoms with Crippen molar-refractivity contribution in [3.05, 3.63) is 107 Å². The molecule has 1 amide bonds. The minimum absolute atomic E-state index is 0.0586. The summed E-state index contributed by atoms with van der Waals surface area (Å²) < 4.78 is 14.8. The maximum atomic E-state index is 14.8. The Morgan fingerprint density at radius 2 is 1.67 bits per heavy atom. The van der Waals surface area contributed by atoms with Crippen LogP contribution < -0.4 is 10.3 Å². The normalized spacial score (nSPS) is 13.7. The van der Waals surface area contributed by atoms with Gasteiger partial charge in [0.05, 0.1) is 22.6 Å². The maximum Gasteiger partial charge on any atom is 0.335 e. The molecule has 0 unspecified atom stereocenters. The highest BCUT2D eigenvalue weighted by molar-refractivity contribution is 6.55. The molecule has 178 valence electrons. The number of nitrogens with zero attached hydrogens (tertiary/aromatic N) is 2. The number of aromatic hydroxyl groups is 1. The summed E-state index contributed by atoms with van der Waals surface area (Å²) in [5.74, 6) is -2.29. The van der Waals surface area contributed by atoms with Gasteiger partial charge in [-0.05, 0) is 54.4 Å². The Hall–Kier alpha value is -4.98. The molecule has 0 aliphatic carbocycles.